The van der Waals surface area contributed by atoms with Gasteiger partial charge in [-0.15, -0.1) is 0 Å². The van der Waals surface area contributed by atoms with Crippen molar-refractivity contribution in [3.63, 3.8) is 0 Å². The highest BCUT2D eigenvalue weighted by Gasteiger charge is 2.32. The van der Waals surface area contributed by atoms with Crippen LogP contribution in [0.1, 0.15) is 35.7 Å². The molecule has 0 saturated carbocycles. The van der Waals surface area contributed by atoms with E-state index in [0.29, 0.717) is 16.9 Å². The number of esters is 1. The molecule has 0 spiro atoms. The number of carbonyl (C=O) groups is 2. The zero-order valence-corrected chi connectivity index (χ0v) is 18.2. The number of ether oxygens (including phenoxy) is 1. The summed E-state index contributed by atoms with van der Waals surface area (Å²) in [7, 11) is -3.20. The Morgan fingerprint density at radius 3 is 2.45 bits per heavy atom. The van der Waals surface area contributed by atoms with Crippen molar-refractivity contribution in [2.24, 2.45) is 0 Å². The second-order valence-electron chi connectivity index (χ2n) is 7.92. The molecule has 0 aromatic heterocycles. The lowest BCUT2D eigenvalue weighted by Crippen LogP contribution is -2.49. The van der Waals surface area contributed by atoms with Crippen molar-refractivity contribution in [3.05, 3.63) is 59.7 Å². The zero-order valence-electron chi connectivity index (χ0n) is 17.4. The van der Waals surface area contributed by atoms with Gasteiger partial charge in [0.2, 0.25) is 0 Å². The Morgan fingerprint density at radius 2 is 1.77 bits per heavy atom. The molecule has 0 aliphatic carbocycles. The van der Waals surface area contributed by atoms with Gasteiger partial charge in [0.05, 0.1) is 16.2 Å². The van der Waals surface area contributed by atoms with Crippen LogP contribution in [0.2, 0.25) is 0 Å². The molecule has 2 aromatic rings. The van der Waals surface area contributed by atoms with E-state index in [0.717, 1.165) is 37.2 Å². The van der Waals surface area contributed by atoms with Crippen LogP contribution < -0.4 is 10.2 Å². The lowest BCUT2D eigenvalue weighted by molar-refractivity contribution is -0.131. The molecule has 1 saturated heterocycles. The van der Waals surface area contributed by atoms with Gasteiger partial charge in [-0.2, -0.15) is 0 Å². The number of hydrogen-bond donors (Lipinski definition) is 1. The molecule has 2 aliphatic heterocycles. The predicted octanol–water partition coefficient (Wildman–Crippen LogP) is 2.35. The minimum absolute atomic E-state index is 0.0133. The number of anilines is 1. The first-order valence-corrected chi connectivity index (χ1v) is 12.2. The first kappa shape index (κ1) is 21.4. The van der Waals surface area contributed by atoms with Crippen molar-refractivity contribution in [2.75, 3.05) is 23.7 Å². The summed E-state index contributed by atoms with van der Waals surface area (Å²) in [6.45, 7) is 3.13. The molecule has 0 bridgehead atoms. The van der Waals surface area contributed by atoms with Gasteiger partial charge in [-0.25, -0.2) is 13.2 Å². The third kappa shape index (κ3) is 4.58. The molecule has 7 nitrogen and oxygen atoms in total. The van der Waals surface area contributed by atoms with Gasteiger partial charge in [-0.05, 0) is 48.7 Å². The number of amides is 1. The summed E-state index contributed by atoms with van der Waals surface area (Å²) in [6, 6.07) is 14.2. The van der Waals surface area contributed by atoms with Crippen LogP contribution in [0.15, 0.2) is 53.4 Å². The molecule has 0 unspecified atom stereocenters. The fourth-order valence-corrected chi connectivity index (χ4v) is 4.97. The Bertz CT molecular complexity index is 1070. The Kier molecular flexibility index (Phi) is 6.00. The number of hydrogen-bond acceptors (Lipinski definition) is 6. The van der Waals surface area contributed by atoms with Crippen LogP contribution in [0.3, 0.4) is 0 Å². The van der Waals surface area contributed by atoms with Crippen molar-refractivity contribution in [1.29, 1.82) is 0 Å². The van der Waals surface area contributed by atoms with Gasteiger partial charge < -0.3 is 15.0 Å². The molecule has 1 amide bonds. The highest BCUT2D eigenvalue weighted by Crippen LogP contribution is 2.24. The van der Waals surface area contributed by atoms with E-state index >= 15 is 0 Å². The maximum atomic E-state index is 12.7. The lowest BCUT2D eigenvalue weighted by atomic mass is 9.97. The maximum Gasteiger partial charge on any atom is 0.339 e. The number of cyclic esters (lactones) is 1. The third-order valence-corrected chi connectivity index (χ3v) is 7.72. The fourth-order valence-electron chi connectivity index (χ4n) is 4.08. The molecular weight excluding hydrogens is 416 g/mol. The standard InChI is InChI=1S/C23H26N2O5S/c1-2-31(28,29)19-9-7-18(8-10-19)25-13-11-17(12-14-25)24-22(26)21-15-16-5-3-4-6-20(16)23(27)30-21/h3-10,17,21H,2,11-15H2,1H3,(H,24,26)/t21-/m1/s1. The summed E-state index contributed by atoms with van der Waals surface area (Å²) in [5.41, 5.74) is 2.33. The molecule has 2 heterocycles. The highest BCUT2D eigenvalue weighted by atomic mass is 32.2. The predicted molar refractivity (Wildman–Crippen MR) is 117 cm³/mol. The van der Waals surface area contributed by atoms with Crippen LogP contribution in [-0.2, 0) is 25.8 Å². The van der Waals surface area contributed by atoms with Gasteiger partial charge in [0.15, 0.2) is 15.9 Å². The Balaban J connectivity index is 1.31. The van der Waals surface area contributed by atoms with E-state index in [1.807, 2.05) is 24.3 Å². The van der Waals surface area contributed by atoms with Crippen LogP contribution in [0.4, 0.5) is 5.69 Å². The van der Waals surface area contributed by atoms with Crippen molar-refractivity contribution in [1.82, 2.24) is 5.32 Å². The molecule has 2 aromatic carbocycles. The average Bonchev–Trinajstić information content (AvgIpc) is 2.79. The Hall–Kier alpha value is -2.87. The second-order valence-corrected chi connectivity index (χ2v) is 10.2. The number of piperidine rings is 1. The lowest BCUT2D eigenvalue weighted by Gasteiger charge is -2.35. The van der Waals surface area contributed by atoms with Crippen LogP contribution >= 0.6 is 0 Å². The summed E-state index contributed by atoms with van der Waals surface area (Å²) in [4.78, 5) is 27.3. The summed E-state index contributed by atoms with van der Waals surface area (Å²) >= 11 is 0. The monoisotopic (exact) mass is 442 g/mol. The highest BCUT2D eigenvalue weighted by molar-refractivity contribution is 7.91. The van der Waals surface area contributed by atoms with Crippen LogP contribution in [0.5, 0.6) is 0 Å². The zero-order chi connectivity index (χ0) is 22.0. The topological polar surface area (TPSA) is 92.8 Å². The minimum Gasteiger partial charge on any atom is -0.448 e. The molecule has 164 valence electrons. The van der Waals surface area contributed by atoms with E-state index in [1.54, 1.807) is 31.2 Å². The molecular formula is C23H26N2O5S. The largest absolute Gasteiger partial charge is 0.448 e. The quantitative estimate of drug-likeness (QED) is 0.715. The van der Waals surface area contributed by atoms with Crippen molar-refractivity contribution >= 4 is 27.4 Å². The van der Waals surface area contributed by atoms with E-state index in [9.17, 15) is 18.0 Å². The van der Waals surface area contributed by atoms with Gasteiger partial charge in [0, 0.05) is 31.2 Å². The number of nitrogens with zero attached hydrogens (tertiary/aromatic N) is 1. The number of nitrogens with one attached hydrogen (secondary N) is 1. The number of sulfone groups is 1. The number of fused-ring (bicyclic) bond motifs is 1. The number of rotatable bonds is 5. The SMILES string of the molecule is CCS(=O)(=O)c1ccc(N2CCC(NC(=O)[C@H]3Cc4ccccc4C(=O)O3)CC2)cc1. The van der Waals surface area contributed by atoms with Gasteiger partial charge in [-0.1, -0.05) is 25.1 Å². The Morgan fingerprint density at radius 1 is 1.10 bits per heavy atom. The van der Waals surface area contributed by atoms with E-state index in [1.165, 1.54) is 0 Å². The van der Waals surface area contributed by atoms with Gasteiger partial charge in [0.1, 0.15) is 0 Å². The molecule has 0 radical (unpaired) electrons. The fraction of sp³-hybridized carbons (Fsp3) is 0.391. The molecule has 2 aliphatic rings. The average molecular weight is 443 g/mol. The van der Waals surface area contributed by atoms with Crippen molar-refractivity contribution in [2.45, 2.75) is 43.2 Å². The summed E-state index contributed by atoms with van der Waals surface area (Å²) < 4.78 is 29.3. The first-order chi connectivity index (χ1) is 14.9. The van der Waals surface area contributed by atoms with Crippen molar-refractivity contribution in [3.8, 4) is 0 Å². The van der Waals surface area contributed by atoms with Gasteiger partial charge in [-0.3, -0.25) is 4.79 Å². The van der Waals surface area contributed by atoms with Gasteiger partial charge >= 0.3 is 5.97 Å². The summed E-state index contributed by atoms with van der Waals surface area (Å²) in [5.74, 6) is -0.625. The van der Waals surface area contributed by atoms with Crippen molar-refractivity contribution < 1.29 is 22.7 Å². The second kappa shape index (κ2) is 8.70. The molecule has 1 N–H and O–H groups in total. The van der Waals surface area contributed by atoms with Gasteiger partial charge in [0.25, 0.3) is 5.91 Å². The summed E-state index contributed by atoms with van der Waals surface area (Å²) in [5, 5.41) is 3.03. The number of carbonyl (C=O) groups excluding carboxylic acids is 2. The minimum atomic E-state index is -3.20. The third-order valence-electron chi connectivity index (χ3n) is 5.97. The first-order valence-electron chi connectivity index (χ1n) is 10.5. The molecule has 8 heteroatoms. The van der Waals surface area contributed by atoms with Crippen LogP contribution in [0, 0.1) is 0 Å². The smallest absolute Gasteiger partial charge is 0.339 e. The Labute approximate surface area is 182 Å². The van der Waals surface area contributed by atoms with Crippen LogP contribution in [-0.4, -0.2) is 51.3 Å². The molecule has 4 rings (SSSR count). The molecule has 1 atom stereocenters. The van der Waals surface area contributed by atoms with E-state index < -0.39 is 21.9 Å². The molecule has 31 heavy (non-hydrogen) atoms. The van der Waals surface area contributed by atoms with E-state index in [4.69, 9.17) is 4.74 Å². The maximum absolute atomic E-state index is 12.7. The number of benzene rings is 2. The normalized spacial score (nSPS) is 19.5. The van der Waals surface area contributed by atoms with E-state index in [-0.39, 0.29) is 17.7 Å². The summed E-state index contributed by atoms with van der Waals surface area (Å²) in [6.07, 6.45) is 1.11. The van der Waals surface area contributed by atoms with Crippen LogP contribution in [0.25, 0.3) is 0 Å². The van der Waals surface area contributed by atoms with E-state index in [2.05, 4.69) is 10.2 Å². The molecule has 1 fully saturated rings.